The monoisotopic (exact) mass is 272 g/mol. The molecule has 0 spiro atoms. The summed E-state index contributed by atoms with van der Waals surface area (Å²) in [5.41, 5.74) is 3.48. The SMILES string of the molecule is Cc1nc(CNC2CCCc3ccc(O)cc32)oc1C. The molecule has 1 heterocycles. The van der Waals surface area contributed by atoms with E-state index in [1.807, 2.05) is 26.0 Å². The zero-order valence-corrected chi connectivity index (χ0v) is 11.9. The Morgan fingerprint density at radius 1 is 1.40 bits per heavy atom. The van der Waals surface area contributed by atoms with Crippen LogP contribution < -0.4 is 5.32 Å². The number of nitrogens with zero attached hydrogens (tertiary/aromatic N) is 1. The normalized spacial score (nSPS) is 18.0. The van der Waals surface area contributed by atoms with Crippen LogP contribution in [0.3, 0.4) is 0 Å². The Balaban J connectivity index is 1.74. The molecule has 1 aliphatic carbocycles. The lowest BCUT2D eigenvalue weighted by atomic mass is 9.87. The molecule has 4 heteroatoms. The number of hydrogen-bond acceptors (Lipinski definition) is 4. The van der Waals surface area contributed by atoms with Gasteiger partial charge in [-0.15, -0.1) is 0 Å². The molecule has 106 valence electrons. The zero-order valence-electron chi connectivity index (χ0n) is 11.9. The van der Waals surface area contributed by atoms with E-state index in [9.17, 15) is 5.11 Å². The molecule has 1 aliphatic rings. The fourth-order valence-electron chi connectivity index (χ4n) is 2.82. The van der Waals surface area contributed by atoms with Gasteiger partial charge in [-0.05, 0) is 56.4 Å². The van der Waals surface area contributed by atoms with Gasteiger partial charge in [-0.2, -0.15) is 0 Å². The van der Waals surface area contributed by atoms with Crippen LogP contribution in [0.1, 0.15) is 47.4 Å². The molecule has 1 aromatic carbocycles. The summed E-state index contributed by atoms with van der Waals surface area (Å²) in [5, 5.41) is 13.2. The Morgan fingerprint density at radius 2 is 2.25 bits per heavy atom. The van der Waals surface area contributed by atoms with Gasteiger partial charge in [-0.25, -0.2) is 4.98 Å². The number of phenols is 1. The van der Waals surface area contributed by atoms with E-state index >= 15 is 0 Å². The predicted molar refractivity (Wildman–Crippen MR) is 76.6 cm³/mol. The van der Waals surface area contributed by atoms with Crippen LogP contribution in [0.25, 0.3) is 0 Å². The van der Waals surface area contributed by atoms with Crippen molar-refractivity contribution in [3.63, 3.8) is 0 Å². The first kappa shape index (κ1) is 13.2. The second-order valence-corrected chi connectivity index (χ2v) is 5.46. The summed E-state index contributed by atoms with van der Waals surface area (Å²) in [6, 6.07) is 5.93. The van der Waals surface area contributed by atoms with Gasteiger partial charge in [-0.1, -0.05) is 6.07 Å². The number of oxazole rings is 1. The van der Waals surface area contributed by atoms with Crippen molar-refractivity contribution in [2.45, 2.75) is 45.7 Å². The molecule has 1 aromatic heterocycles. The van der Waals surface area contributed by atoms with Crippen molar-refractivity contribution in [1.82, 2.24) is 10.3 Å². The Hall–Kier alpha value is -1.81. The van der Waals surface area contributed by atoms with Crippen molar-refractivity contribution in [2.75, 3.05) is 0 Å². The molecular formula is C16H20N2O2. The number of fused-ring (bicyclic) bond motifs is 1. The van der Waals surface area contributed by atoms with Gasteiger partial charge in [0.15, 0.2) is 0 Å². The van der Waals surface area contributed by atoms with Gasteiger partial charge >= 0.3 is 0 Å². The molecule has 0 radical (unpaired) electrons. The third kappa shape index (κ3) is 2.56. The summed E-state index contributed by atoms with van der Waals surface area (Å²) in [6.45, 7) is 4.50. The summed E-state index contributed by atoms with van der Waals surface area (Å²) in [7, 11) is 0. The van der Waals surface area contributed by atoms with Crippen molar-refractivity contribution < 1.29 is 9.52 Å². The number of aryl methyl sites for hydroxylation is 3. The first-order valence-corrected chi connectivity index (χ1v) is 7.11. The van der Waals surface area contributed by atoms with Crippen LogP contribution in [-0.2, 0) is 13.0 Å². The van der Waals surface area contributed by atoms with E-state index in [0.29, 0.717) is 12.3 Å². The molecule has 2 aromatic rings. The van der Waals surface area contributed by atoms with Crippen LogP contribution in [-0.4, -0.2) is 10.1 Å². The molecule has 3 rings (SSSR count). The highest BCUT2D eigenvalue weighted by atomic mass is 16.4. The lowest BCUT2D eigenvalue weighted by molar-refractivity contribution is 0.399. The summed E-state index contributed by atoms with van der Waals surface area (Å²) >= 11 is 0. The van der Waals surface area contributed by atoms with Gasteiger partial charge < -0.3 is 14.8 Å². The quantitative estimate of drug-likeness (QED) is 0.901. The number of aromatic nitrogens is 1. The van der Waals surface area contributed by atoms with Crippen molar-refractivity contribution >= 4 is 0 Å². The number of phenolic OH excluding ortho intramolecular Hbond substituents is 1. The maximum atomic E-state index is 9.67. The fraction of sp³-hybridized carbons (Fsp3) is 0.438. The van der Waals surface area contributed by atoms with Crippen molar-refractivity contribution in [3.05, 3.63) is 46.7 Å². The van der Waals surface area contributed by atoms with Crippen LogP contribution in [0.15, 0.2) is 22.6 Å². The molecule has 0 aliphatic heterocycles. The molecule has 2 N–H and O–H groups in total. The molecule has 4 nitrogen and oxygen atoms in total. The number of nitrogens with one attached hydrogen (secondary N) is 1. The third-order valence-electron chi connectivity index (χ3n) is 4.02. The molecule has 0 saturated heterocycles. The van der Waals surface area contributed by atoms with Gasteiger partial charge in [0, 0.05) is 6.04 Å². The number of hydrogen-bond donors (Lipinski definition) is 2. The Morgan fingerprint density at radius 3 is 3.00 bits per heavy atom. The molecule has 0 saturated carbocycles. The van der Waals surface area contributed by atoms with Crippen LogP contribution in [0.4, 0.5) is 0 Å². The zero-order chi connectivity index (χ0) is 14.1. The third-order valence-corrected chi connectivity index (χ3v) is 4.02. The van der Waals surface area contributed by atoms with Gasteiger partial charge in [0.05, 0.1) is 12.2 Å². The van der Waals surface area contributed by atoms with E-state index in [1.165, 1.54) is 17.5 Å². The van der Waals surface area contributed by atoms with Crippen LogP contribution in [0, 0.1) is 13.8 Å². The number of rotatable bonds is 3. The number of benzene rings is 1. The summed E-state index contributed by atoms with van der Waals surface area (Å²) in [5.74, 6) is 1.94. The smallest absolute Gasteiger partial charge is 0.208 e. The highest BCUT2D eigenvalue weighted by Crippen LogP contribution is 2.32. The maximum Gasteiger partial charge on any atom is 0.208 e. The van der Waals surface area contributed by atoms with Crippen molar-refractivity contribution in [1.29, 1.82) is 0 Å². The van der Waals surface area contributed by atoms with Gasteiger partial charge in [-0.3, -0.25) is 0 Å². The molecule has 0 amide bonds. The minimum atomic E-state index is 0.262. The van der Waals surface area contributed by atoms with Crippen LogP contribution >= 0.6 is 0 Å². The minimum Gasteiger partial charge on any atom is -0.508 e. The first-order valence-electron chi connectivity index (χ1n) is 7.11. The van der Waals surface area contributed by atoms with E-state index in [2.05, 4.69) is 10.3 Å². The van der Waals surface area contributed by atoms with Gasteiger partial charge in [0.25, 0.3) is 0 Å². The molecule has 1 unspecified atom stereocenters. The van der Waals surface area contributed by atoms with Crippen LogP contribution in [0.2, 0.25) is 0 Å². The Labute approximate surface area is 118 Å². The topological polar surface area (TPSA) is 58.3 Å². The van der Waals surface area contributed by atoms with Crippen molar-refractivity contribution in [2.24, 2.45) is 0 Å². The predicted octanol–water partition coefficient (Wildman–Crippen LogP) is 3.16. The fourth-order valence-corrected chi connectivity index (χ4v) is 2.82. The van der Waals surface area contributed by atoms with Gasteiger partial charge in [0.1, 0.15) is 11.5 Å². The van der Waals surface area contributed by atoms with E-state index in [1.54, 1.807) is 6.07 Å². The van der Waals surface area contributed by atoms with E-state index in [0.717, 1.165) is 30.2 Å². The first-order chi connectivity index (χ1) is 9.63. The van der Waals surface area contributed by atoms with E-state index in [4.69, 9.17) is 4.42 Å². The van der Waals surface area contributed by atoms with Gasteiger partial charge in [0.2, 0.25) is 5.89 Å². The lowest BCUT2D eigenvalue weighted by Gasteiger charge is -2.26. The maximum absolute atomic E-state index is 9.67. The van der Waals surface area contributed by atoms with E-state index in [-0.39, 0.29) is 6.04 Å². The average Bonchev–Trinajstić information content (AvgIpc) is 2.75. The highest BCUT2D eigenvalue weighted by molar-refractivity contribution is 5.38. The Bertz CT molecular complexity index is 599. The van der Waals surface area contributed by atoms with Crippen molar-refractivity contribution in [3.8, 4) is 5.75 Å². The Kier molecular flexibility index (Phi) is 3.49. The second kappa shape index (κ2) is 5.29. The number of aromatic hydroxyl groups is 1. The highest BCUT2D eigenvalue weighted by Gasteiger charge is 2.20. The largest absolute Gasteiger partial charge is 0.508 e. The minimum absolute atomic E-state index is 0.262. The standard InChI is InChI=1S/C16H20N2O2/c1-10-11(2)20-16(18-10)9-17-15-5-3-4-12-6-7-13(19)8-14(12)15/h6-8,15,17,19H,3-5,9H2,1-2H3. The molecule has 1 atom stereocenters. The lowest BCUT2D eigenvalue weighted by Crippen LogP contribution is -2.25. The molecule has 0 fully saturated rings. The second-order valence-electron chi connectivity index (χ2n) is 5.46. The van der Waals surface area contributed by atoms with E-state index < -0.39 is 0 Å². The van der Waals surface area contributed by atoms with Crippen LogP contribution in [0.5, 0.6) is 5.75 Å². The molecule has 0 bridgehead atoms. The average molecular weight is 272 g/mol. The summed E-state index contributed by atoms with van der Waals surface area (Å²) < 4.78 is 5.59. The summed E-state index contributed by atoms with van der Waals surface area (Å²) in [6.07, 6.45) is 3.33. The molecular weight excluding hydrogens is 252 g/mol. The summed E-state index contributed by atoms with van der Waals surface area (Å²) in [4.78, 5) is 4.39. The molecule has 20 heavy (non-hydrogen) atoms.